The minimum atomic E-state index is -0.847. The topological polar surface area (TPSA) is 67.1 Å². The van der Waals surface area contributed by atoms with Crippen LogP contribution in [0.3, 0.4) is 0 Å². The summed E-state index contributed by atoms with van der Waals surface area (Å²) in [5, 5.41) is 22.6. The quantitative estimate of drug-likeness (QED) is 0.760. The number of halogens is 2. The monoisotopic (exact) mass is 371 g/mol. The van der Waals surface area contributed by atoms with Crippen molar-refractivity contribution in [3.8, 4) is 22.7 Å². The summed E-state index contributed by atoms with van der Waals surface area (Å²) in [6.07, 6.45) is 3.73. The van der Waals surface area contributed by atoms with E-state index in [9.17, 15) is 13.9 Å². The van der Waals surface area contributed by atoms with E-state index < -0.39 is 12.0 Å². The van der Waals surface area contributed by atoms with Gasteiger partial charge in [-0.15, -0.1) is 10.2 Å². The van der Waals surface area contributed by atoms with Gasteiger partial charge < -0.3 is 10.0 Å². The molecule has 27 heavy (non-hydrogen) atoms. The van der Waals surface area contributed by atoms with Gasteiger partial charge >= 0.3 is 0 Å². The molecular formula is C19H19F2N5O. The molecule has 1 aliphatic carbocycles. The fraction of sp³-hybridized carbons (Fsp3) is 0.316. The maximum Gasteiger partial charge on any atom is 0.161 e. The Morgan fingerprint density at radius 1 is 1.19 bits per heavy atom. The summed E-state index contributed by atoms with van der Waals surface area (Å²) in [5.41, 5.74) is 1.52. The highest BCUT2D eigenvalue weighted by Crippen LogP contribution is 2.31. The summed E-state index contributed by atoms with van der Waals surface area (Å²) < 4.78 is 28.4. The zero-order chi connectivity index (χ0) is 19.0. The van der Waals surface area contributed by atoms with Crippen molar-refractivity contribution in [3.63, 3.8) is 0 Å². The zero-order valence-corrected chi connectivity index (χ0v) is 14.8. The van der Waals surface area contributed by atoms with Gasteiger partial charge in [-0.3, -0.25) is 0 Å². The Balaban J connectivity index is 1.57. The summed E-state index contributed by atoms with van der Waals surface area (Å²) in [5.74, 6) is 0.122. The molecule has 1 N–H and O–H groups in total. The lowest BCUT2D eigenvalue weighted by Crippen LogP contribution is -2.36. The number of alkyl halides is 1. The number of benzene rings is 1. The van der Waals surface area contributed by atoms with Gasteiger partial charge in [0, 0.05) is 18.7 Å². The van der Waals surface area contributed by atoms with E-state index >= 15 is 0 Å². The van der Waals surface area contributed by atoms with Crippen LogP contribution < -0.4 is 4.90 Å². The lowest BCUT2D eigenvalue weighted by atomic mass is 10.1. The Bertz CT molecular complexity index is 944. The normalized spacial score (nSPS) is 19.4. The van der Waals surface area contributed by atoms with E-state index in [0.717, 1.165) is 19.0 Å². The van der Waals surface area contributed by atoms with Gasteiger partial charge in [-0.2, -0.15) is 5.10 Å². The number of nitrogens with zero attached hydrogens (tertiary/aromatic N) is 5. The standard InChI is InChI=1S/C19H19F2N5O/c1-25(17-4-2-3-15(17)21)19-8-7-16(23-24-19)14-6-5-13(9-18(14)27)26-11-12(20)10-22-26/h5-11,15,17,27H,2-4H2,1H3/t15-,17+/m1/s1. The summed E-state index contributed by atoms with van der Waals surface area (Å²) in [7, 11) is 1.82. The number of aromatic hydroxyl groups is 1. The number of hydrogen-bond donors (Lipinski definition) is 1. The number of phenols is 1. The molecule has 2 aromatic heterocycles. The summed E-state index contributed by atoms with van der Waals surface area (Å²) in [6.45, 7) is 0. The molecule has 0 spiro atoms. The first kappa shape index (κ1) is 17.4. The molecule has 0 saturated heterocycles. The van der Waals surface area contributed by atoms with Gasteiger partial charge in [0.15, 0.2) is 11.6 Å². The molecule has 0 radical (unpaired) electrons. The van der Waals surface area contributed by atoms with E-state index in [1.807, 2.05) is 11.9 Å². The smallest absolute Gasteiger partial charge is 0.161 e. The van der Waals surface area contributed by atoms with Gasteiger partial charge in [0.05, 0.1) is 29.8 Å². The van der Waals surface area contributed by atoms with Crippen LogP contribution in [0.1, 0.15) is 19.3 Å². The van der Waals surface area contributed by atoms with Crippen LogP contribution in [0.5, 0.6) is 5.75 Å². The lowest BCUT2D eigenvalue weighted by molar-refractivity contribution is 0.306. The Labute approximate surface area is 155 Å². The second-order valence-corrected chi connectivity index (χ2v) is 6.71. The van der Waals surface area contributed by atoms with Crippen LogP contribution in [0.15, 0.2) is 42.7 Å². The van der Waals surface area contributed by atoms with Crippen LogP contribution in [0.25, 0.3) is 16.9 Å². The maximum absolute atomic E-state index is 13.9. The molecule has 0 bridgehead atoms. The number of hydrogen-bond acceptors (Lipinski definition) is 5. The highest BCUT2D eigenvalue weighted by Gasteiger charge is 2.31. The van der Waals surface area contributed by atoms with Crippen LogP contribution >= 0.6 is 0 Å². The van der Waals surface area contributed by atoms with Crippen LogP contribution in [0.2, 0.25) is 0 Å². The van der Waals surface area contributed by atoms with Crippen LogP contribution in [-0.2, 0) is 0 Å². The highest BCUT2D eigenvalue weighted by atomic mass is 19.1. The second-order valence-electron chi connectivity index (χ2n) is 6.71. The van der Waals surface area contributed by atoms with E-state index in [-0.39, 0.29) is 11.8 Å². The van der Waals surface area contributed by atoms with Gasteiger partial charge in [-0.1, -0.05) is 0 Å². The van der Waals surface area contributed by atoms with Crippen LogP contribution in [-0.4, -0.2) is 44.3 Å². The van der Waals surface area contributed by atoms with Crippen LogP contribution in [0, 0.1) is 5.82 Å². The van der Waals surface area contributed by atoms with Gasteiger partial charge in [0.2, 0.25) is 0 Å². The average Bonchev–Trinajstić information content (AvgIpc) is 3.29. The van der Waals surface area contributed by atoms with Crippen molar-refractivity contribution in [2.24, 2.45) is 0 Å². The number of aromatic nitrogens is 4. The first-order valence-corrected chi connectivity index (χ1v) is 8.77. The lowest BCUT2D eigenvalue weighted by Gasteiger charge is -2.26. The van der Waals surface area contributed by atoms with Crippen LogP contribution in [0.4, 0.5) is 14.6 Å². The van der Waals surface area contributed by atoms with Gasteiger partial charge in [0.25, 0.3) is 0 Å². The Morgan fingerprint density at radius 3 is 2.63 bits per heavy atom. The van der Waals surface area contributed by atoms with Gasteiger partial charge in [0.1, 0.15) is 11.9 Å². The second kappa shape index (κ2) is 6.94. The molecule has 8 heteroatoms. The average molecular weight is 371 g/mol. The Kier molecular flexibility index (Phi) is 4.47. The minimum absolute atomic E-state index is 0.0153. The Morgan fingerprint density at radius 2 is 2.04 bits per heavy atom. The zero-order valence-electron chi connectivity index (χ0n) is 14.8. The summed E-state index contributed by atoms with van der Waals surface area (Å²) in [6, 6.07) is 8.19. The molecule has 0 unspecified atom stereocenters. The predicted octanol–water partition coefficient (Wildman–Crippen LogP) is 3.50. The molecule has 1 aliphatic rings. The molecule has 2 heterocycles. The van der Waals surface area contributed by atoms with Crippen molar-refractivity contribution in [2.75, 3.05) is 11.9 Å². The van der Waals surface area contributed by atoms with E-state index in [1.165, 1.54) is 16.9 Å². The summed E-state index contributed by atoms with van der Waals surface area (Å²) >= 11 is 0. The maximum atomic E-state index is 13.9. The minimum Gasteiger partial charge on any atom is -0.507 e. The molecule has 3 aromatic rings. The third-order valence-electron chi connectivity index (χ3n) is 4.98. The third-order valence-corrected chi connectivity index (χ3v) is 4.98. The Hall–Kier alpha value is -3.03. The summed E-state index contributed by atoms with van der Waals surface area (Å²) in [4.78, 5) is 1.82. The number of rotatable bonds is 4. The predicted molar refractivity (Wildman–Crippen MR) is 97.2 cm³/mol. The van der Waals surface area contributed by atoms with Crippen molar-refractivity contribution in [3.05, 3.63) is 48.5 Å². The van der Waals surface area contributed by atoms with Gasteiger partial charge in [-0.05, 0) is 43.5 Å². The molecule has 6 nitrogen and oxygen atoms in total. The third kappa shape index (κ3) is 3.34. The van der Waals surface area contributed by atoms with Crippen molar-refractivity contribution >= 4 is 5.82 Å². The number of phenolic OH excluding ortho intramolecular Hbond substituents is 1. The molecule has 0 aliphatic heterocycles. The van der Waals surface area contributed by atoms with Crippen molar-refractivity contribution in [1.29, 1.82) is 0 Å². The molecule has 2 atom stereocenters. The first-order chi connectivity index (χ1) is 13.0. The van der Waals surface area contributed by atoms with Crippen molar-refractivity contribution in [2.45, 2.75) is 31.5 Å². The van der Waals surface area contributed by atoms with E-state index in [2.05, 4.69) is 15.3 Å². The van der Waals surface area contributed by atoms with Crippen molar-refractivity contribution in [1.82, 2.24) is 20.0 Å². The largest absolute Gasteiger partial charge is 0.507 e. The van der Waals surface area contributed by atoms with E-state index in [0.29, 0.717) is 29.2 Å². The van der Waals surface area contributed by atoms with Crippen molar-refractivity contribution < 1.29 is 13.9 Å². The fourth-order valence-corrected chi connectivity index (χ4v) is 3.48. The molecular weight excluding hydrogens is 352 g/mol. The molecule has 4 rings (SSSR count). The van der Waals surface area contributed by atoms with Gasteiger partial charge in [-0.25, -0.2) is 13.5 Å². The molecule has 0 amide bonds. The van der Waals surface area contributed by atoms with E-state index in [1.54, 1.807) is 24.3 Å². The van der Waals surface area contributed by atoms with E-state index in [4.69, 9.17) is 0 Å². The molecule has 1 aromatic carbocycles. The highest BCUT2D eigenvalue weighted by molar-refractivity contribution is 5.69. The molecule has 1 saturated carbocycles. The first-order valence-electron chi connectivity index (χ1n) is 8.77. The molecule has 1 fully saturated rings. The molecule has 140 valence electrons. The number of anilines is 1. The fourth-order valence-electron chi connectivity index (χ4n) is 3.48. The SMILES string of the molecule is CN(c1ccc(-c2ccc(-n3cc(F)cn3)cc2O)nn1)[C@H]1CCC[C@H]1F.